The van der Waals surface area contributed by atoms with Crippen LogP contribution >= 0.6 is 15.9 Å². The maximum absolute atomic E-state index is 5.92. The number of hydrogen-bond donors (Lipinski definition) is 1. The first kappa shape index (κ1) is 15.5. The van der Waals surface area contributed by atoms with E-state index in [0.29, 0.717) is 6.61 Å². The van der Waals surface area contributed by atoms with Gasteiger partial charge in [-0.15, -0.1) is 0 Å². The number of ether oxygens (including phenoxy) is 1. The average Bonchev–Trinajstić information content (AvgIpc) is 2.20. The minimum atomic E-state index is 0.134. The maximum Gasteiger partial charge on any atom is 0.125 e. The number of rotatable bonds is 6. The molecule has 0 aliphatic carbocycles. The van der Waals surface area contributed by atoms with Gasteiger partial charge in [0.2, 0.25) is 0 Å². The normalized spacial score (nSPS) is 12.8. The van der Waals surface area contributed by atoms with Gasteiger partial charge in [0, 0.05) is 17.1 Å². The number of benzene rings is 1. The van der Waals surface area contributed by atoms with Crippen molar-refractivity contribution in [2.45, 2.75) is 26.3 Å². The lowest BCUT2D eigenvalue weighted by Crippen LogP contribution is -2.21. The summed E-state index contributed by atoms with van der Waals surface area (Å²) >= 11 is 3.52. The zero-order valence-corrected chi connectivity index (χ0v) is 13.3. The summed E-state index contributed by atoms with van der Waals surface area (Å²) in [6.45, 7) is 5.69. The van der Waals surface area contributed by atoms with Gasteiger partial charge in [0.15, 0.2) is 0 Å². The zero-order valence-electron chi connectivity index (χ0n) is 11.7. The summed E-state index contributed by atoms with van der Waals surface area (Å²) in [5.41, 5.74) is 8.22. The van der Waals surface area contributed by atoms with Crippen molar-refractivity contribution in [2.24, 2.45) is 5.73 Å². The van der Waals surface area contributed by atoms with Crippen LogP contribution in [0.2, 0.25) is 0 Å². The second-order valence-electron chi connectivity index (χ2n) is 5.04. The second kappa shape index (κ2) is 7.12. The highest BCUT2D eigenvalue weighted by molar-refractivity contribution is 9.10. The Balaban J connectivity index is 2.85. The van der Waals surface area contributed by atoms with Gasteiger partial charge in [-0.25, -0.2) is 0 Å². The van der Waals surface area contributed by atoms with Crippen molar-refractivity contribution in [3.05, 3.63) is 27.7 Å². The highest BCUT2D eigenvalue weighted by Crippen LogP contribution is 2.29. The Kier molecular flexibility index (Phi) is 6.12. The SMILES string of the molecule is Cc1cc(Br)cc(CC(C)N)c1OCCN(C)C. The predicted octanol–water partition coefficient (Wildman–Crippen LogP) is 2.59. The van der Waals surface area contributed by atoms with E-state index in [4.69, 9.17) is 10.5 Å². The molecule has 0 saturated carbocycles. The molecule has 1 atom stereocenters. The van der Waals surface area contributed by atoms with E-state index in [1.165, 1.54) is 5.56 Å². The molecule has 1 aromatic carbocycles. The first-order valence-corrected chi connectivity index (χ1v) is 7.01. The monoisotopic (exact) mass is 314 g/mol. The Morgan fingerprint density at radius 3 is 2.61 bits per heavy atom. The van der Waals surface area contributed by atoms with Crippen molar-refractivity contribution in [3.63, 3.8) is 0 Å². The molecule has 0 aromatic heterocycles. The van der Waals surface area contributed by atoms with Crippen LogP contribution < -0.4 is 10.5 Å². The van der Waals surface area contributed by atoms with Crippen LogP contribution in [0.25, 0.3) is 0 Å². The molecule has 0 bridgehead atoms. The Hall–Kier alpha value is -0.580. The third-order valence-corrected chi connectivity index (χ3v) is 3.10. The average molecular weight is 315 g/mol. The third-order valence-electron chi connectivity index (χ3n) is 2.64. The Morgan fingerprint density at radius 1 is 1.39 bits per heavy atom. The van der Waals surface area contributed by atoms with E-state index in [9.17, 15) is 0 Å². The van der Waals surface area contributed by atoms with Crippen LogP contribution in [0, 0.1) is 6.92 Å². The van der Waals surface area contributed by atoms with Crippen molar-refractivity contribution in [1.82, 2.24) is 4.90 Å². The minimum absolute atomic E-state index is 0.134. The van der Waals surface area contributed by atoms with E-state index in [0.717, 1.165) is 28.8 Å². The van der Waals surface area contributed by atoms with E-state index < -0.39 is 0 Å². The quantitative estimate of drug-likeness (QED) is 0.877. The third kappa shape index (κ3) is 4.96. The van der Waals surface area contributed by atoms with Crippen molar-refractivity contribution in [2.75, 3.05) is 27.2 Å². The molecule has 0 radical (unpaired) electrons. The molecular formula is C14H23BrN2O. The molecule has 0 aliphatic rings. The molecule has 1 aromatic rings. The van der Waals surface area contributed by atoms with Gasteiger partial charge >= 0.3 is 0 Å². The molecule has 1 unspecified atom stereocenters. The number of nitrogens with zero attached hydrogens (tertiary/aromatic N) is 1. The summed E-state index contributed by atoms with van der Waals surface area (Å²) < 4.78 is 7.00. The molecule has 1 rings (SSSR count). The number of nitrogens with two attached hydrogens (primary N) is 1. The van der Waals surface area contributed by atoms with Gasteiger partial charge in [0.05, 0.1) is 0 Å². The summed E-state index contributed by atoms with van der Waals surface area (Å²) in [4.78, 5) is 2.11. The Labute approximate surface area is 118 Å². The number of hydrogen-bond acceptors (Lipinski definition) is 3. The van der Waals surface area contributed by atoms with Crippen molar-refractivity contribution < 1.29 is 4.74 Å². The molecular weight excluding hydrogens is 292 g/mol. The van der Waals surface area contributed by atoms with Crippen LogP contribution in [0.3, 0.4) is 0 Å². The standard InChI is InChI=1S/C14H23BrN2O/c1-10-7-13(15)9-12(8-11(2)16)14(10)18-6-5-17(3)4/h7,9,11H,5-6,8,16H2,1-4H3. The van der Waals surface area contributed by atoms with Gasteiger partial charge in [0.25, 0.3) is 0 Å². The molecule has 0 aliphatic heterocycles. The second-order valence-corrected chi connectivity index (χ2v) is 5.96. The van der Waals surface area contributed by atoms with Crippen molar-refractivity contribution in [3.8, 4) is 5.75 Å². The molecule has 0 saturated heterocycles. The molecule has 0 heterocycles. The van der Waals surface area contributed by atoms with Crippen LogP contribution in [-0.4, -0.2) is 38.2 Å². The van der Waals surface area contributed by atoms with E-state index in [1.807, 2.05) is 21.0 Å². The predicted molar refractivity (Wildman–Crippen MR) is 80.3 cm³/mol. The van der Waals surface area contributed by atoms with E-state index in [-0.39, 0.29) is 6.04 Å². The largest absolute Gasteiger partial charge is 0.492 e. The number of aryl methyl sites for hydroxylation is 1. The fourth-order valence-corrected chi connectivity index (χ4v) is 2.45. The van der Waals surface area contributed by atoms with Crippen molar-refractivity contribution in [1.29, 1.82) is 0 Å². The highest BCUT2D eigenvalue weighted by atomic mass is 79.9. The van der Waals surface area contributed by atoms with Gasteiger partial charge in [0.1, 0.15) is 12.4 Å². The van der Waals surface area contributed by atoms with Gasteiger partial charge in [-0.3, -0.25) is 0 Å². The van der Waals surface area contributed by atoms with Crippen LogP contribution in [0.1, 0.15) is 18.1 Å². The molecule has 0 amide bonds. The first-order chi connectivity index (χ1) is 8.40. The summed E-state index contributed by atoms with van der Waals surface area (Å²) in [6.07, 6.45) is 0.831. The van der Waals surface area contributed by atoms with Crippen molar-refractivity contribution >= 4 is 15.9 Å². The summed E-state index contributed by atoms with van der Waals surface area (Å²) in [5.74, 6) is 0.984. The van der Waals surface area contributed by atoms with Gasteiger partial charge in [-0.1, -0.05) is 15.9 Å². The molecule has 0 spiro atoms. The zero-order chi connectivity index (χ0) is 13.7. The fourth-order valence-electron chi connectivity index (χ4n) is 1.83. The number of halogens is 1. The van der Waals surface area contributed by atoms with Gasteiger partial charge in [-0.2, -0.15) is 0 Å². The van der Waals surface area contributed by atoms with Crippen LogP contribution in [-0.2, 0) is 6.42 Å². The molecule has 3 nitrogen and oxygen atoms in total. The summed E-state index contributed by atoms with van der Waals surface area (Å²) in [7, 11) is 4.08. The van der Waals surface area contributed by atoms with E-state index in [2.05, 4.69) is 39.9 Å². The molecule has 4 heteroatoms. The molecule has 0 fully saturated rings. The van der Waals surface area contributed by atoms with E-state index in [1.54, 1.807) is 0 Å². The molecule has 102 valence electrons. The van der Waals surface area contributed by atoms with Gasteiger partial charge < -0.3 is 15.4 Å². The first-order valence-electron chi connectivity index (χ1n) is 6.22. The highest BCUT2D eigenvalue weighted by Gasteiger charge is 2.11. The number of likely N-dealkylation sites (N-methyl/N-ethyl adjacent to an activating group) is 1. The summed E-state index contributed by atoms with van der Waals surface area (Å²) in [5, 5.41) is 0. The lowest BCUT2D eigenvalue weighted by molar-refractivity contribution is 0.258. The summed E-state index contributed by atoms with van der Waals surface area (Å²) in [6, 6.07) is 4.31. The Morgan fingerprint density at radius 2 is 2.06 bits per heavy atom. The van der Waals surface area contributed by atoms with Crippen LogP contribution in [0.4, 0.5) is 0 Å². The minimum Gasteiger partial charge on any atom is -0.492 e. The van der Waals surface area contributed by atoms with Crippen LogP contribution in [0.15, 0.2) is 16.6 Å². The topological polar surface area (TPSA) is 38.5 Å². The molecule has 18 heavy (non-hydrogen) atoms. The van der Waals surface area contributed by atoms with Gasteiger partial charge in [-0.05, 0) is 57.6 Å². The van der Waals surface area contributed by atoms with Crippen LogP contribution in [0.5, 0.6) is 5.75 Å². The Bertz CT molecular complexity index is 392. The smallest absolute Gasteiger partial charge is 0.125 e. The lowest BCUT2D eigenvalue weighted by atomic mass is 10.0. The fraction of sp³-hybridized carbons (Fsp3) is 0.571. The lowest BCUT2D eigenvalue weighted by Gasteiger charge is -2.17. The van der Waals surface area contributed by atoms with E-state index >= 15 is 0 Å². The molecule has 2 N–H and O–H groups in total. The maximum atomic E-state index is 5.92.